The van der Waals surface area contributed by atoms with E-state index in [2.05, 4.69) is 21.8 Å². The third-order valence-electron chi connectivity index (χ3n) is 2.69. The first-order valence-electron chi connectivity index (χ1n) is 5.33. The predicted molar refractivity (Wildman–Crippen MR) is 62.7 cm³/mol. The van der Waals surface area contributed by atoms with Gasteiger partial charge in [0.2, 0.25) is 0 Å². The van der Waals surface area contributed by atoms with Crippen molar-refractivity contribution < 1.29 is 0 Å². The van der Waals surface area contributed by atoms with Gasteiger partial charge in [-0.05, 0) is 37.5 Å². The Bertz CT molecular complexity index is 457. The van der Waals surface area contributed by atoms with Crippen LogP contribution in [-0.2, 0) is 13.5 Å². The number of pyridine rings is 1. The first-order chi connectivity index (χ1) is 7.18. The van der Waals surface area contributed by atoms with E-state index in [1.165, 1.54) is 10.9 Å². The summed E-state index contributed by atoms with van der Waals surface area (Å²) in [6.07, 6.45) is 6.03. The minimum absolute atomic E-state index is 0.261. The van der Waals surface area contributed by atoms with Crippen LogP contribution in [0.2, 0.25) is 0 Å². The fourth-order valence-electron chi connectivity index (χ4n) is 1.88. The van der Waals surface area contributed by atoms with Crippen LogP contribution in [0.25, 0.3) is 11.0 Å². The topological polar surface area (TPSA) is 43.8 Å². The third kappa shape index (κ3) is 2.02. The van der Waals surface area contributed by atoms with E-state index in [-0.39, 0.29) is 6.04 Å². The molecule has 2 aromatic heterocycles. The van der Waals surface area contributed by atoms with Crippen LogP contribution in [0.1, 0.15) is 18.9 Å². The second-order valence-electron chi connectivity index (χ2n) is 4.16. The van der Waals surface area contributed by atoms with E-state index in [0.717, 1.165) is 18.5 Å². The molecule has 0 aliphatic carbocycles. The Hall–Kier alpha value is -1.35. The fraction of sp³-hybridized carbons (Fsp3) is 0.417. The number of nitrogens with zero attached hydrogens (tertiary/aromatic N) is 2. The zero-order valence-electron chi connectivity index (χ0n) is 9.27. The summed E-state index contributed by atoms with van der Waals surface area (Å²) in [6.45, 7) is 2.05. The average molecular weight is 203 g/mol. The Labute approximate surface area is 89.9 Å². The van der Waals surface area contributed by atoms with Gasteiger partial charge in [-0.2, -0.15) is 0 Å². The Balaban J connectivity index is 2.35. The van der Waals surface area contributed by atoms with Crippen molar-refractivity contribution in [1.29, 1.82) is 0 Å². The lowest BCUT2D eigenvalue weighted by atomic mass is 10.1. The van der Waals surface area contributed by atoms with Gasteiger partial charge in [-0.1, -0.05) is 0 Å². The monoisotopic (exact) mass is 203 g/mol. The molecule has 0 aliphatic heterocycles. The van der Waals surface area contributed by atoms with Crippen LogP contribution in [0.4, 0.5) is 0 Å². The van der Waals surface area contributed by atoms with E-state index < -0.39 is 0 Å². The van der Waals surface area contributed by atoms with Crippen molar-refractivity contribution in [3.63, 3.8) is 0 Å². The van der Waals surface area contributed by atoms with Crippen molar-refractivity contribution in [1.82, 2.24) is 9.55 Å². The van der Waals surface area contributed by atoms with Crippen molar-refractivity contribution in [2.45, 2.75) is 25.8 Å². The summed E-state index contributed by atoms with van der Waals surface area (Å²) >= 11 is 0. The zero-order chi connectivity index (χ0) is 10.8. The third-order valence-corrected chi connectivity index (χ3v) is 2.69. The Morgan fingerprint density at radius 2 is 2.33 bits per heavy atom. The SMILES string of the molecule is C[C@H](N)CCc1cn(C)c2ncccc12. The minimum Gasteiger partial charge on any atom is -0.335 e. The van der Waals surface area contributed by atoms with Crippen molar-refractivity contribution in [2.75, 3.05) is 0 Å². The van der Waals surface area contributed by atoms with Gasteiger partial charge >= 0.3 is 0 Å². The summed E-state index contributed by atoms with van der Waals surface area (Å²) < 4.78 is 2.08. The molecule has 0 aromatic carbocycles. The molecule has 0 spiro atoms. The lowest BCUT2D eigenvalue weighted by molar-refractivity contribution is 0.667. The molecule has 0 aliphatic rings. The molecule has 0 amide bonds. The van der Waals surface area contributed by atoms with Gasteiger partial charge in [-0.15, -0.1) is 0 Å². The number of nitrogens with two attached hydrogens (primary N) is 1. The van der Waals surface area contributed by atoms with Gasteiger partial charge < -0.3 is 10.3 Å². The van der Waals surface area contributed by atoms with Crippen LogP contribution < -0.4 is 5.73 Å². The van der Waals surface area contributed by atoms with E-state index in [0.29, 0.717) is 0 Å². The predicted octanol–water partition coefficient (Wildman–Crippen LogP) is 1.85. The van der Waals surface area contributed by atoms with Gasteiger partial charge in [-0.3, -0.25) is 0 Å². The molecule has 2 aromatic rings. The maximum absolute atomic E-state index is 5.77. The Kier molecular flexibility index (Phi) is 2.73. The molecule has 0 fully saturated rings. The average Bonchev–Trinajstić information content (AvgIpc) is 2.54. The van der Waals surface area contributed by atoms with Gasteiger partial charge in [0.15, 0.2) is 0 Å². The highest BCUT2D eigenvalue weighted by Gasteiger charge is 2.07. The summed E-state index contributed by atoms with van der Waals surface area (Å²) in [5.41, 5.74) is 8.17. The van der Waals surface area contributed by atoms with E-state index in [1.54, 1.807) is 0 Å². The van der Waals surface area contributed by atoms with Crippen LogP contribution in [0.3, 0.4) is 0 Å². The van der Waals surface area contributed by atoms with Crippen LogP contribution in [0.5, 0.6) is 0 Å². The second kappa shape index (κ2) is 4.03. The normalized spacial score (nSPS) is 13.3. The summed E-state index contributed by atoms with van der Waals surface area (Å²) in [6, 6.07) is 4.37. The van der Waals surface area contributed by atoms with E-state index >= 15 is 0 Å². The second-order valence-corrected chi connectivity index (χ2v) is 4.16. The number of aryl methyl sites for hydroxylation is 2. The maximum Gasteiger partial charge on any atom is 0.139 e. The van der Waals surface area contributed by atoms with E-state index in [9.17, 15) is 0 Å². The van der Waals surface area contributed by atoms with Crippen molar-refractivity contribution in [2.24, 2.45) is 12.8 Å². The van der Waals surface area contributed by atoms with Crippen LogP contribution >= 0.6 is 0 Å². The molecule has 0 bridgehead atoms. The van der Waals surface area contributed by atoms with Gasteiger partial charge in [0.25, 0.3) is 0 Å². The molecule has 2 rings (SSSR count). The molecule has 80 valence electrons. The quantitative estimate of drug-likeness (QED) is 0.827. The number of hydrogen-bond acceptors (Lipinski definition) is 2. The fourth-order valence-corrected chi connectivity index (χ4v) is 1.88. The Morgan fingerprint density at radius 3 is 3.07 bits per heavy atom. The van der Waals surface area contributed by atoms with E-state index in [4.69, 9.17) is 5.73 Å². The highest BCUT2D eigenvalue weighted by Crippen LogP contribution is 2.19. The standard InChI is InChI=1S/C12H17N3/c1-9(13)5-6-10-8-15(2)12-11(10)4-3-7-14-12/h3-4,7-9H,5-6,13H2,1-2H3/t9-/m0/s1. The number of hydrogen-bond donors (Lipinski definition) is 1. The van der Waals surface area contributed by atoms with Crippen molar-refractivity contribution in [3.8, 4) is 0 Å². The molecule has 2 heterocycles. The van der Waals surface area contributed by atoms with Gasteiger partial charge in [-0.25, -0.2) is 4.98 Å². The number of rotatable bonds is 3. The van der Waals surface area contributed by atoms with Gasteiger partial charge in [0.05, 0.1) is 0 Å². The van der Waals surface area contributed by atoms with E-state index in [1.807, 2.05) is 26.2 Å². The molecular formula is C12H17N3. The number of fused-ring (bicyclic) bond motifs is 1. The summed E-state index contributed by atoms with van der Waals surface area (Å²) in [7, 11) is 2.03. The smallest absolute Gasteiger partial charge is 0.139 e. The molecule has 2 N–H and O–H groups in total. The first-order valence-corrected chi connectivity index (χ1v) is 5.33. The molecule has 1 atom stereocenters. The molecule has 0 saturated carbocycles. The maximum atomic E-state index is 5.77. The lowest BCUT2D eigenvalue weighted by Crippen LogP contribution is -2.15. The molecule has 15 heavy (non-hydrogen) atoms. The highest BCUT2D eigenvalue weighted by atomic mass is 15.0. The van der Waals surface area contributed by atoms with Crippen molar-refractivity contribution in [3.05, 3.63) is 30.1 Å². The lowest BCUT2D eigenvalue weighted by Gasteiger charge is -2.02. The molecule has 0 unspecified atom stereocenters. The largest absolute Gasteiger partial charge is 0.335 e. The van der Waals surface area contributed by atoms with Crippen LogP contribution in [0.15, 0.2) is 24.5 Å². The molecular weight excluding hydrogens is 186 g/mol. The van der Waals surface area contributed by atoms with Gasteiger partial charge in [0, 0.05) is 30.9 Å². The first kappa shape index (κ1) is 10.2. The molecule has 3 heteroatoms. The summed E-state index contributed by atoms with van der Waals surface area (Å²) in [5.74, 6) is 0. The summed E-state index contributed by atoms with van der Waals surface area (Å²) in [5, 5.41) is 1.25. The van der Waals surface area contributed by atoms with Crippen LogP contribution in [-0.4, -0.2) is 15.6 Å². The van der Waals surface area contributed by atoms with Crippen LogP contribution in [0, 0.1) is 0 Å². The van der Waals surface area contributed by atoms with Crippen molar-refractivity contribution >= 4 is 11.0 Å². The molecule has 0 saturated heterocycles. The zero-order valence-corrected chi connectivity index (χ0v) is 9.27. The highest BCUT2D eigenvalue weighted by molar-refractivity contribution is 5.80. The summed E-state index contributed by atoms with van der Waals surface area (Å²) in [4.78, 5) is 4.36. The van der Waals surface area contributed by atoms with Gasteiger partial charge in [0.1, 0.15) is 5.65 Å². The Morgan fingerprint density at radius 1 is 1.53 bits per heavy atom. The number of aromatic nitrogens is 2. The minimum atomic E-state index is 0.261. The molecule has 3 nitrogen and oxygen atoms in total. The molecule has 0 radical (unpaired) electrons.